The smallest absolute Gasteiger partial charge is 0.308 e. The van der Waals surface area contributed by atoms with E-state index in [4.69, 9.17) is 9.15 Å². The highest BCUT2D eigenvalue weighted by Crippen LogP contribution is 2.17. The van der Waals surface area contributed by atoms with Crippen molar-refractivity contribution in [2.45, 2.75) is 18.1 Å². The average molecular weight is 386 g/mol. The van der Waals surface area contributed by atoms with Gasteiger partial charge in [0.05, 0.1) is 11.3 Å². The van der Waals surface area contributed by atoms with E-state index in [1.165, 1.54) is 37.6 Å². The Hall–Kier alpha value is -2.17. The van der Waals surface area contributed by atoms with E-state index in [-0.39, 0.29) is 36.3 Å². The Balaban J connectivity index is 1.75. The lowest BCUT2D eigenvalue weighted by molar-refractivity contribution is -0.145. The highest BCUT2D eigenvalue weighted by atomic mass is 32.2. The molecule has 0 spiro atoms. The van der Waals surface area contributed by atoms with Crippen molar-refractivity contribution in [2.75, 3.05) is 20.6 Å². The van der Waals surface area contributed by atoms with E-state index >= 15 is 0 Å². The minimum absolute atomic E-state index is 0.000672. The van der Waals surface area contributed by atoms with Crippen LogP contribution in [0, 0.1) is 0 Å². The summed E-state index contributed by atoms with van der Waals surface area (Å²) in [5.74, 6) is -0.552. The molecule has 1 N–H and O–H groups in total. The van der Waals surface area contributed by atoms with Crippen molar-refractivity contribution in [1.82, 2.24) is 9.62 Å². The minimum atomic E-state index is -3.66. The zero-order valence-corrected chi connectivity index (χ0v) is 15.4. The molecule has 0 aliphatic rings. The third-order valence-corrected chi connectivity index (χ3v) is 5.66. The van der Waals surface area contributed by atoms with Gasteiger partial charge in [-0.15, -0.1) is 11.3 Å². The van der Waals surface area contributed by atoms with Crippen LogP contribution in [0.4, 0.5) is 0 Å². The van der Waals surface area contributed by atoms with Gasteiger partial charge >= 0.3 is 5.97 Å². The molecule has 2 aromatic heterocycles. The van der Waals surface area contributed by atoms with E-state index in [1.54, 1.807) is 17.5 Å². The standard InChI is InChI=1S/C15H18N2O6S2/c1-17(2)25(20,21)14-6-5-11(23-14)10-22-13(18)7-8-16-15(19)12-4-3-9-24-12/h3-6,9H,7-8,10H2,1-2H3,(H,16,19). The molecule has 0 atom stereocenters. The van der Waals surface area contributed by atoms with Crippen molar-refractivity contribution in [3.63, 3.8) is 0 Å². The lowest BCUT2D eigenvalue weighted by atomic mass is 10.4. The summed E-state index contributed by atoms with van der Waals surface area (Å²) >= 11 is 1.31. The highest BCUT2D eigenvalue weighted by molar-refractivity contribution is 7.88. The van der Waals surface area contributed by atoms with Crippen LogP contribution in [0.25, 0.3) is 0 Å². The van der Waals surface area contributed by atoms with Crippen molar-refractivity contribution in [2.24, 2.45) is 0 Å². The van der Waals surface area contributed by atoms with Crippen LogP contribution in [0.3, 0.4) is 0 Å². The lowest BCUT2D eigenvalue weighted by Crippen LogP contribution is -2.25. The summed E-state index contributed by atoms with van der Waals surface area (Å²) in [6, 6.07) is 6.19. The van der Waals surface area contributed by atoms with Gasteiger partial charge in [-0.25, -0.2) is 12.7 Å². The molecule has 0 unspecified atom stereocenters. The fraction of sp³-hybridized carbons (Fsp3) is 0.333. The number of ether oxygens (including phenoxy) is 1. The van der Waals surface area contributed by atoms with Crippen LogP contribution in [0.2, 0.25) is 0 Å². The molecule has 0 bridgehead atoms. The highest BCUT2D eigenvalue weighted by Gasteiger charge is 2.21. The third kappa shape index (κ3) is 5.15. The second kappa shape index (κ2) is 8.28. The number of carbonyl (C=O) groups is 2. The zero-order valence-electron chi connectivity index (χ0n) is 13.7. The van der Waals surface area contributed by atoms with Crippen molar-refractivity contribution in [1.29, 1.82) is 0 Å². The summed E-state index contributed by atoms with van der Waals surface area (Å²) in [5, 5.41) is 4.19. The predicted molar refractivity (Wildman–Crippen MR) is 90.6 cm³/mol. The maximum atomic E-state index is 11.9. The van der Waals surface area contributed by atoms with Crippen LogP contribution in [-0.2, 0) is 26.2 Å². The molecular weight excluding hydrogens is 368 g/mol. The Morgan fingerprint density at radius 2 is 2.04 bits per heavy atom. The number of esters is 1. The summed E-state index contributed by atoms with van der Waals surface area (Å²) in [7, 11) is -0.878. The number of nitrogens with one attached hydrogen (secondary N) is 1. The molecule has 8 nitrogen and oxygen atoms in total. The summed E-state index contributed by atoms with van der Waals surface area (Å²) in [4.78, 5) is 23.9. The number of amides is 1. The van der Waals surface area contributed by atoms with E-state index in [0.29, 0.717) is 4.88 Å². The molecule has 0 aliphatic carbocycles. The lowest BCUT2D eigenvalue weighted by Gasteiger charge is -2.08. The van der Waals surface area contributed by atoms with Crippen molar-refractivity contribution < 1.29 is 27.2 Å². The number of nitrogens with zero attached hydrogens (tertiary/aromatic N) is 1. The van der Waals surface area contributed by atoms with Crippen LogP contribution < -0.4 is 5.32 Å². The number of hydrogen-bond donors (Lipinski definition) is 1. The Morgan fingerprint density at radius 3 is 2.68 bits per heavy atom. The van der Waals surface area contributed by atoms with E-state index in [1.807, 2.05) is 0 Å². The van der Waals surface area contributed by atoms with Crippen molar-refractivity contribution >= 4 is 33.2 Å². The van der Waals surface area contributed by atoms with Crippen molar-refractivity contribution in [3.05, 3.63) is 40.3 Å². The first kappa shape index (κ1) is 19.2. The summed E-state index contributed by atoms with van der Waals surface area (Å²) in [6.45, 7) is -0.0331. The van der Waals surface area contributed by atoms with E-state index < -0.39 is 16.0 Å². The first-order valence-electron chi connectivity index (χ1n) is 7.29. The predicted octanol–water partition coefficient (Wildman–Crippen LogP) is 1.45. The van der Waals surface area contributed by atoms with Crippen LogP contribution in [0.15, 0.2) is 39.2 Å². The third-order valence-electron chi connectivity index (χ3n) is 3.11. The van der Waals surface area contributed by atoms with Gasteiger partial charge in [-0.2, -0.15) is 0 Å². The quantitative estimate of drug-likeness (QED) is 0.689. The van der Waals surface area contributed by atoms with Gasteiger partial charge in [0.1, 0.15) is 12.4 Å². The number of hydrogen-bond acceptors (Lipinski definition) is 7. The van der Waals surface area contributed by atoms with Gasteiger partial charge in [0.2, 0.25) is 5.09 Å². The molecule has 0 fully saturated rings. The number of furan rings is 1. The number of thiophene rings is 1. The maximum Gasteiger partial charge on any atom is 0.308 e. The van der Waals surface area contributed by atoms with E-state index in [0.717, 1.165) is 4.31 Å². The fourth-order valence-corrected chi connectivity index (χ4v) is 3.20. The molecule has 0 aromatic carbocycles. The first-order valence-corrected chi connectivity index (χ1v) is 9.61. The Morgan fingerprint density at radius 1 is 1.28 bits per heavy atom. The molecule has 0 radical (unpaired) electrons. The monoisotopic (exact) mass is 386 g/mol. The largest absolute Gasteiger partial charge is 0.457 e. The van der Waals surface area contributed by atoms with E-state index in [2.05, 4.69) is 5.32 Å². The molecule has 10 heteroatoms. The second-order valence-corrected chi connectivity index (χ2v) is 8.18. The van der Waals surface area contributed by atoms with Crippen LogP contribution in [0.5, 0.6) is 0 Å². The van der Waals surface area contributed by atoms with Crippen LogP contribution in [0.1, 0.15) is 21.9 Å². The molecule has 25 heavy (non-hydrogen) atoms. The van der Waals surface area contributed by atoms with Gasteiger partial charge in [0, 0.05) is 20.6 Å². The van der Waals surface area contributed by atoms with Gasteiger partial charge in [0.15, 0.2) is 0 Å². The number of rotatable bonds is 8. The molecule has 1 amide bonds. The summed E-state index contributed by atoms with van der Waals surface area (Å²) in [5.41, 5.74) is 0. The van der Waals surface area contributed by atoms with E-state index in [9.17, 15) is 18.0 Å². The first-order chi connectivity index (χ1) is 11.8. The molecule has 2 heterocycles. The molecule has 136 valence electrons. The van der Waals surface area contributed by atoms with Gasteiger partial charge in [-0.3, -0.25) is 9.59 Å². The Kier molecular flexibility index (Phi) is 6.34. The maximum absolute atomic E-state index is 11.9. The summed E-state index contributed by atoms with van der Waals surface area (Å²) in [6.07, 6.45) is 0.000672. The fourth-order valence-electron chi connectivity index (χ4n) is 1.75. The van der Waals surface area contributed by atoms with Gasteiger partial charge < -0.3 is 14.5 Å². The van der Waals surface area contributed by atoms with Gasteiger partial charge in [0.25, 0.3) is 15.9 Å². The molecule has 2 aromatic rings. The molecule has 0 saturated heterocycles. The molecular formula is C15H18N2O6S2. The topological polar surface area (TPSA) is 106 Å². The Bertz CT molecular complexity index is 824. The number of sulfonamides is 1. The minimum Gasteiger partial charge on any atom is -0.457 e. The van der Waals surface area contributed by atoms with Gasteiger partial charge in [-0.1, -0.05) is 6.07 Å². The number of carbonyl (C=O) groups excluding carboxylic acids is 2. The van der Waals surface area contributed by atoms with Crippen molar-refractivity contribution in [3.8, 4) is 0 Å². The van der Waals surface area contributed by atoms with Crippen LogP contribution in [-0.4, -0.2) is 45.2 Å². The summed E-state index contributed by atoms with van der Waals surface area (Å²) < 4.78 is 34.9. The molecule has 2 rings (SSSR count). The zero-order chi connectivity index (χ0) is 18.4. The Labute approximate surface area is 149 Å². The molecule has 0 saturated carbocycles. The normalized spacial score (nSPS) is 11.5. The van der Waals surface area contributed by atoms with Crippen LogP contribution >= 0.6 is 11.3 Å². The molecule has 0 aliphatic heterocycles. The SMILES string of the molecule is CN(C)S(=O)(=O)c1ccc(COC(=O)CCNC(=O)c2cccs2)o1. The van der Waals surface area contributed by atoms with Gasteiger partial charge in [-0.05, 0) is 23.6 Å². The average Bonchev–Trinajstić information content (AvgIpc) is 3.24. The second-order valence-electron chi connectivity index (χ2n) is 5.15.